The van der Waals surface area contributed by atoms with Gasteiger partial charge in [-0.1, -0.05) is 13.8 Å². The van der Waals surface area contributed by atoms with Crippen molar-refractivity contribution in [2.75, 3.05) is 5.75 Å². The van der Waals surface area contributed by atoms with E-state index in [1.165, 1.54) is 12.8 Å². The van der Waals surface area contributed by atoms with Crippen LogP contribution in [0.15, 0.2) is 0 Å². The molecular weight excluding hydrogens is 396 g/mol. The summed E-state index contributed by atoms with van der Waals surface area (Å²) in [6.45, 7) is 4.73. The smallest absolute Gasteiger partial charge is 0.320 e. The number of carbonyl (C=O) groups is 1. The van der Waals surface area contributed by atoms with Gasteiger partial charge in [0.2, 0.25) is 0 Å². The molecule has 4 fully saturated rings. The van der Waals surface area contributed by atoms with E-state index in [0.717, 1.165) is 44.9 Å². The molecule has 7 heteroatoms. The molecule has 0 aromatic rings. The first-order chi connectivity index (χ1) is 13.0. The van der Waals surface area contributed by atoms with Gasteiger partial charge in [0.05, 0.1) is 11.9 Å². The Morgan fingerprint density at radius 2 is 1.68 bits per heavy atom. The zero-order valence-corrected chi connectivity index (χ0v) is 18.6. The van der Waals surface area contributed by atoms with Crippen molar-refractivity contribution in [3.05, 3.63) is 0 Å². The number of ketones is 1. The highest BCUT2D eigenvalue weighted by molar-refractivity contribution is 8.70. The molecule has 0 saturated heterocycles. The van der Waals surface area contributed by atoms with Gasteiger partial charge in [0, 0.05) is 16.7 Å². The zero-order valence-electron chi connectivity index (χ0n) is 17.0. The lowest BCUT2D eigenvalue weighted by atomic mass is 9.44. The van der Waals surface area contributed by atoms with E-state index in [1.807, 2.05) is 0 Å². The molecule has 0 spiro atoms. The van der Waals surface area contributed by atoms with Crippen molar-refractivity contribution in [3.8, 4) is 0 Å². The standard InChI is InChI=1S/C21H34O5S2/c1-20-9-7-14(22)11-13(20)3-4-15-16-5-6-18(19(23)12-27-28(24,25)26)21(16,2)10-8-17(15)20/h13-18,22H,3-12H2,1-2H3,(H,24,25,26)/t13-,14+,15-,16-,17-,18+,20-,21-/m0/s1. The van der Waals surface area contributed by atoms with Crippen LogP contribution in [0.25, 0.3) is 0 Å². The Morgan fingerprint density at radius 1 is 1.00 bits per heavy atom. The van der Waals surface area contributed by atoms with Crippen LogP contribution in [-0.2, 0) is 13.9 Å². The maximum Gasteiger partial charge on any atom is 0.320 e. The van der Waals surface area contributed by atoms with Gasteiger partial charge in [-0.25, -0.2) is 0 Å². The second kappa shape index (κ2) is 7.24. The van der Waals surface area contributed by atoms with E-state index >= 15 is 0 Å². The Kier molecular flexibility index (Phi) is 5.47. The van der Waals surface area contributed by atoms with Gasteiger partial charge in [-0.2, -0.15) is 8.42 Å². The number of Topliss-reactive ketones (excluding diaryl/α,β-unsaturated/α-hetero) is 1. The molecule has 2 N–H and O–H groups in total. The van der Waals surface area contributed by atoms with Crippen molar-refractivity contribution < 1.29 is 22.9 Å². The highest BCUT2D eigenvalue weighted by Crippen LogP contribution is 2.67. The van der Waals surface area contributed by atoms with E-state index in [4.69, 9.17) is 4.55 Å². The van der Waals surface area contributed by atoms with Gasteiger partial charge in [0.25, 0.3) is 0 Å². The fourth-order valence-corrected chi connectivity index (χ4v) is 9.26. The molecule has 0 aromatic carbocycles. The first kappa shape index (κ1) is 21.1. The predicted octanol–water partition coefficient (Wildman–Crippen LogP) is 4.11. The molecule has 4 saturated carbocycles. The van der Waals surface area contributed by atoms with Crippen LogP contribution in [-0.4, -0.2) is 35.7 Å². The summed E-state index contributed by atoms with van der Waals surface area (Å²) < 4.78 is 31.1. The van der Waals surface area contributed by atoms with Crippen LogP contribution in [0.1, 0.15) is 71.6 Å². The van der Waals surface area contributed by atoms with E-state index in [2.05, 4.69) is 13.8 Å². The van der Waals surface area contributed by atoms with Crippen molar-refractivity contribution in [2.45, 2.75) is 77.7 Å². The largest absolute Gasteiger partial charge is 0.393 e. The van der Waals surface area contributed by atoms with Gasteiger partial charge in [0.1, 0.15) is 5.78 Å². The van der Waals surface area contributed by atoms with E-state index in [9.17, 15) is 18.3 Å². The molecule has 0 amide bonds. The normalized spacial score (nSPS) is 48.4. The van der Waals surface area contributed by atoms with Crippen LogP contribution in [0.2, 0.25) is 0 Å². The summed E-state index contributed by atoms with van der Waals surface area (Å²) >= 11 is 0. The summed E-state index contributed by atoms with van der Waals surface area (Å²) in [4.78, 5) is 12.8. The first-order valence-electron chi connectivity index (χ1n) is 10.9. The predicted molar refractivity (Wildman–Crippen MR) is 110 cm³/mol. The summed E-state index contributed by atoms with van der Waals surface area (Å²) in [5.74, 6) is 2.29. The average molecular weight is 431 g/mol. The summed E-state index contributed by atoms with van der Waals surface area (Å²) in [6, 6.07) is 0. The van der Waals surface area contributed by atoms with Crippen molar-refractivity contribution in [2.24, 2.45) is 40.4 Å². The zero-order chi connectivity index (χ0) is 20.3. The van der Waals surface area contributed by atoms with Gasteiger partial charge < -0.3 is 5.11 Å². The minimum absolute atomic E-state index is 0.00763. The molecule has 28 heavy (non-hydrogen) atoms. The molecule has 0 radical (unpaired) electrons. The lowest BCUT2D eigenvalue weighted by Crippen LogP contribution is -2.54. The van der Waals surface area contributed by atoms with Crippen LogP contribution in [0.4, 0.5) is 0 Å². The first-order valence-corrected chi connectivity index (χ1v) is 13.8. The number of fused-ring (bicyclic) bond motifs is 5. The third kappa shape index (κ3) is 3.48. The summed E-state index contributed by atoms with van der Waals surface area (Å²) in [5, 5.41) is 10.2. The second-order valence-electron chi connectivity index (χ2n) is 10.4. The van der Waals surface area contributed by atoms with Crippen molar-refractivity contribution in [3.63, 3.8) is 0 Å². The highest BCUT2D eigenvalue weighted by atomic mass is 33.1. The monoisotopic (exact) mass is 430 g/mol. The van der Waals surface area contributed by atoms with Gasteiger partial charge >= 0.3 is 9.15 Å². The molecule has 0 unspecified atom stereocenters. The molecular formula is C21H34O5S2. The van der Waals surface area contributed by atoms with Gasteiger partial charge in [-0.3, -0.25) is 9.35 Å². The average Bonchev–Trinajstić information content (AvgIpc) is 2.97. The van der Waals surface area contributed by atoms with Crippen LogP contribution in [0, 0.1) is 40.4 Å². The molecule has 0 heterocycles. The Balaban J connectivity index is 1.51. The molecule has 8 atom stereocenters. The van der Waals surface area contributed by atoms with E-state index in [-0.39, 0.29) is 29.0 Å². The third-order valence-corrected chi connectivity index (χ3v) is 11.3. The molecule has 0 aromatic heterocycles. The van der Waals surface area contributed by atoms with Crippen molar-refractivity contribution in [1.82, 2.24) is 0 Å². The number of rotatable bonds is 4. The Hall–Kier alpha value is -0.110. The van der Waals surface area contributed by atoms with Gasteiger partial charge in [-0.15, -0.1) is 0 Å². The summed E-state index contributed by atoms with van der Waals surface area (Å²) in [5.41, 5.74) is 0.293. The fourth-order valence-electron chi connectivity index (χ4n) is 8.00. The molecule has 0 bridgehead atoms. The van der Waals surface area contributed by atoms with E-state index in [0.29, 0.717) is 39.9 Å². The number of aliphatic hydroxyl groups excluding tert-OH is 1. The van der Waals surface area contributed by atoms with Crippen LogP contribution >= 0.6 is 10.8 Å². The Bertz CT molecular complexity index is 737. The van der Waals surface area contributed by atoms with Crippen molar-refractivity contribution in [1.29, 1.82) is 0 Å². The van der Waals surface area contributed by atoms with Crippen molar-refractivity contribution >= 4 is 25.7 Å². The lowest BCUT2D eigenvalue weighted by Gasteiger charge is -2.60. The van der Waals surface area contributed by atoms with E-state index in [1.54, 1.807) is 0 Å². The quantitative estimate of drug-likeness (QED) is 0.515. The van der Waals surface area contributed by atoms with Crippen LogP contribution < -0.4 is 0 Å². The Morgan fingerprint density at radius 3 is 2.39 bits per heavy atom. The number of hydrogen-bond acceptors (Lipinski definition) is 5. The van der Waals surface area contributed by atoms with Crippen LogP contribution in [0.5, 0.6) is 0 Å². The van der Waals surface area contributed by atoms with Gasteiger partial charge in [0.15, 0.2) is 0 Å². The highest BCUT2D eigenvalue weighted by Gasteiger charge is 2.61. The molecule has 4 aliphatic carbocycles. The number of hydrogen-bond donors (Lipinski definition) is 2. The number of carbonyl (C=O) groups excluding carboxylic acids is 1. The fraction of sp³-hybridized carbons (Fsp3) is 0.952. The maximum absolute atomic E-state index is 12.8. The van der Waals surface area contributed by atoms with Crippen LogP contribution in [0.3, 0.4) is 0 Å². The summed E-state index contributed by atoms with van der Waals surface area (Å²) in [7, 11) is -3.81. The molecule has 4 rings (SSSR count). The molecule has 4 aliphatic rings. The Labute approximate surface area is 172 Å². The lowest BCUT2D eigenvalue weighted by molar-refractivity contribution is -0.138. The number of aliphatic hydroxyl groups is 1. The molecule has 0 aliphatic heterocycles. The van der Waals surface area contributed by atoms with E-state index < -0.39 is 9.15 Å². The topological polar surface area (TPSA) is 91.7 Å². The second-order valence-corrected chi connectivity index (χ2v) is 13.8. The third-order valence-electron chi connectivity index (χ3n) is 9.38. The maximum atomic E-state index is 12.8. The minimum Gasteiger partial charge on any atom is -0.393 e. The minimum atomic E-state index is -4.17. The molecule has 160 valence electrons. The SMILES string of the molecule is C[C@]12CC[C@@H](O)C[C@@H]1CC[C@@H]1[C@@H]2CC[C@]2(C)[C@@H](C(=O)CSS(=O)(=O)O)CC[C@@H]12. The molecule has 5 nitrogen and oxygen atoms in total. The van der Waals surface area contributed by atoms with Gasteiger partial charge in [-0.05, 0) is 92.3 Å². The summed E-state index contributed by atoms with van der Waals surface area (Å²) in [6.07, 6.45) is 9.38.